The van der Waals surface area contributed by atoms with E-state index in [0.29, 0.717) is 0 Å². The zero-order chi connectivity index (χ0) is 29.6. The van der Waals surface area contributed by atoms with Crippen LogP contribution in [0.1, 0.15) is 44.5 Å². The molecule has 0 heterocycles. The second-order valence-corrected chi connectivity index (χ2v) is 10.8. The number of carboxylic acid groups (broad SMARTS) is 1. The highest BCUT2D eigenvalue weighted by Crippen LogP contribution is 2.37. The number of nitrogens with zero attached hydrogens (tertiary/aromatic N) is 1. The molecule has 3 heteroatoms. The number of hydrogen-bond donors (Lipinski definition) is 1. The molecule has 0 aromatic heterocycles. The number of benzene rings is 5. The van der Waals surface area contributed by atoms with Crippen molar-refractivity contribution in [1.82, 2.24) is 0 Å². The highest BCUT2D eigenvalue weighted by molar-refractivity contribution is 5.92. The van der Waals surface area contributed by atoms with Crippen molar-refractivity contribution in [3.63, 3.8) is 0 Å². The molecule has 0 aliphatic carbocycles. The first-order valence-corrected chi connectivity index (χ1v) is 14.1. The van der Waals surface area contributed by atoms with Gasteiger partial charge in [-0.25, -0.2) is 4.79 Å². The summed E-state index contributed by atoms with van der Waals surface area (Å²) in [5.74, 6) is -0.960. The molecular weight excluding hydrogens is 514 g/mol. The predicted molar refractivity (Wildman–Crippen MR) is 177 cm³/mol. The van der Waals surface area contributed by atoms with Crippen LogP contribution in [0.5, 0.6) is 0 Å². The summed E-state index contributed by atoms with van der Waals surface area (Å²) in [6, 6.07) is 40.4. The number of carbonyl (C=O) groups is 1. The summed E-state index contributed by atoms with van der Waals surface area (Å²) in [5, 5.41) is 9.00. The number of aryl methyl sites for hydroxylation is 4. The highest BCUT2D eigenvalue weighted by Gasteiger charge is 2.15. The van der Waals surface area contributed by atoms with Gasteiger partial charge >= 0.3 is 5.97 Å². The average molecular weight is 550 g/mol. The van der Waals surface area contributed by atoms with E-state index in [2.05, 4.69) is 130 Å². The highest BCUT2D eigenvalue weighted by atomic mass is 16.4. The van der Waals surface area contributed by atoms with Crippen LogP contribution in [0.3, 0.4) is 0 Å². The third-order valence-electron chi connectivity index (χ3n) is 7.35. The van der Waals surface area contributed by atoms with Gasteiger partial charge in [-0.05, 0) is 104 Å². The fourth-order valence-electron chi connectivity index (χ4n) is 5.07. The maximum atomic E-state index is 11.0. The lowest BCUT2D eigenvalue weighted by molar-refractivity contribution is -0.131. The smallest absolute Gasteiger partial charge is 0.328 e. The quantitative estimate of drug-likeness (QED) is 0.155. The van der Waals surface area contributed by atoms with E-state index >= 15 is 0 Å². The van der Waals surface area contributed by atoms with Gasteiger partial charge in [-0.15, -0.1) is 0 Å². The van der Waals surface area contributed by atoms with Crippen LogP contribution in [0.4, 0.5) is 17.1 Å². The molecule has 0 unspecified atom stereocenters. The third kappa shape index (κ3) is 6.76. The molecule has 0 saturated heterocycles. The molecule has 3 nitrogen and oxygen atoms in total. The maximum Gasteiger partial charge on any atom is 0.328 e. The minimum atomic E-state index is -0.960. The van der Waals surface area contributed by atoms with Crippen LogP contribution in [0.2, 0.25) is 0 Å². The van der Waals surface area contributed by atoms with Gasteiger partial charge < -0.3 is 10.0 Å². The number of hydrogen-bond acceptors (Lipinski definition) is 2. The zero-order valence-corrected chi connectivity index (χ0v) is 24.5. The Balaban J connectivity index is 1.55. The second-order valence-electron chi connectivity index (χ2n) is 10.8. The van der Waals surface area contributed by atoms with E-state index in [4.69, 9.17) is 5.11 Å². The Labute approximate surface area is 248 Å². The molecule has 0 radical (unpaired) electrons. The van der Waals surface area contributed by atoms with Crippen LogP contribution in [0.25, 0.3) is 17.7 Å². The largest absolute Gasteiger partial charge is 0.478 e. The molecule has 0 amide bonds. The van der Waals surface area contributed by atoms with Gasteiger partial charge in [-0.3, -0.25) is 0 Å². The van der Waals surface area contributed by atoms with Gasteiger partial charge in [-0.2, -0.15) is 0 Å². The lowest BCUT2D eigenvalue weighted by atomic mass is 9.94. The van der Waals surface area contributed by atoms with E-state index in [0.717, 1.165) is 34.3 Å². The minimum absolute atomic E-state index is 0.835. The fourth-order valence-corrected chi connectivity index (χ4v) is 5.07. The summed E-state index contributed by atoms with van der Waals surface area (Å²) in [6.45, 7) is 8.45. The first-order valence-electron chi connectivity index (χ1n) is 14.1. The molecule has 0 atom stereocenters. The van der Waals surface area contributed by atoms with Crippen molar-refractivity contribution < 1.29 is 9.90 Å². The zero-order valence-electron chi connectivity index (χ0n) is 24.5. The van der Waals surface area contributed by atoms with Gasteiger partial charge in [0.15, 0.2) is 0 Å². The standard InChI is InChI=1S/C39H35NO2/c1-27-5-15-33(16-6-27)37(34-17-7-28(2)8-18-34)26-32-12-21-36(22-13-32)40(38-23-9-29(3)25-30(38)4)35-19-10-31(11-20-35)14-24-39(41)42/h5-26H,1-4H3,(H,41,42)/b24-14+. The van der Waals surface area contributed by atoms with Gasteiger partial charge in [0.2, 0.25) is 0 Å². The Kier molecular flexibility index (Phi) is 8.50. The monoisotopic (exact) mass is 549 g/mol. The van der Waals surface area contributed by atoms with Crippen LogP contribution >= 0.6 is 0 Å². The molecule has 5 rings (SSSR count). The molecule has 0 aliphatic rings. The average Bonchev–Trinajstić information content (AvgIpc) is 2.98. The van der Waals surface area contributed by atoms with Crippen molar-refractivity contribution >= 4 is 40.8 Å². The van der Waals surface area contributed by atoms with Gasteiger partial charge in [0.25, 0.3) is 0 Å². The van der Waals surface area contributed by atoms with Crippen molar-refractivity contribution in [2.75, 3.05) is 4.90 Å². The van der Waals surface area contributed by atoms with Gasteiger partial charge in [0.05, 0.1) is 0 Å². The number of carboxylic acids is 1. The Bertz CT molecular complexity index is 1690. The topological polar surface area (TPSA) is 40.5 Å². The van der Waals surface area contributed by atoms with E-state index in [1.807, 2.05) is 24.3 Å². The van der Waals surface area contributed by atoms with E-state index in [1.165, 1.54) is 39.0 Å². The van der Waals surface area contributed by atoms with Gasteiger partial charge in [0.1, 0.15) is 0 Å². The lowest BCUT2D eigenvalue weighted by Gasteiger charge is -2.27. The van der Waals surface area contributed by atoms with E-state index in [1.54, 1.807) is 6.08 Å². The summed E-state index contributed by atoms with van der Waals surface area (Å²) in [4.78, 5) is 13.2. The number of anilines is 3. The maximum absolute atomic E-state index is 11.0. The molecule has 42 heavy (non-hydrogen) atoms. The third-order valence-corrected chi connectivity index (χ3v) is 7.35. The Hall–Kier alpha value is -5.15. The molecule has 0 bridgehead atoms. The summed E-state index contributed by atoms with van der Waals surface area (Å²) in [7, 11) is 0. The van der Waals surface area contributed by atoms with Gasteiger partial charge in [0, 0.05) is 23.1 Å². The number of rotatable bonds is 8. The summed E-state index contributed by atoms with van der Waals surface area (Å²) in [5.41, 5.74) is 13.5. The van der Waals surface area contributed by atoms with Crippen molar-refractivity contribution in [3.05, 3.63) is 166 Å². The van der Waals surface area contributed by atoms with Crippen molar-refractivity contribution in [3.8, 4) is 0 Å². The Morgan fingerprint density at radius 1 is 0.595 bits per heavy atom. The fraction of sp³-hybridized carbons (Fsp3) is 0.103. The van der Waals surface area contributed by atoms with Crippen molar-refractivity contribution in [2.45, 2.75) is 27.7 Å². The normalized spacial score (nSPS) is 11.0. The van der Waals surface area contributed by atoms with E-state index < -0.39 is 5.97 Å². The predicted octanol–water partition coefficient (Wildman–Crippen LogP) is 10.1. The molecule has 0 spiro atoms. The summed E-state index contributed by atoms with van der Waals surface area (Å²) in [6.07, 6.45) is 5.02. The molecule has 0 aliphatic heterocycles. The molecule has 5 aromatic carbocycles. The Morgan fingerprint density at radius 3 is 1.55 bits per heavy atom. The SMILES string of the molecule is Cc1ccc(C(=Cc2ccc(N(c3ccc(/C=C/C(=O)O)cc3)c3ccc(C)cc3C)cc2)c2ccc(C)cc2)cc1. The molecule has 208 valence electrons. The Morgan fingerprint density at radius 2 is 1.07 bits per heavy atom. The molecular formula is C39H35NO2. The summed E-state index contributed by atoms with van der Waals surface area (Å²) >= 11 is 0. The van der Waals surface area contributed by atoms with Crippen molar-refractivity contribution in [2.24, 2.45) is 0 Å². The van der Waals surface area contributed by atoms with E-state index in [-0.39, 0.29) is 0 Å². The van der Waals surface area contributed by atoms with Crippen molar-refractivity contribution in [1.29, 1.82) is 0 Å². The first-order chi connectivity index (χ1) is 20.3. The molecule has 0 fully saturated rings. The van der Waals surface area contributed by atoms with E-state index in [9.17, 15) is 4.79 Å². The first kappa shape index (κ1) is 28.4. The minimum Gasteiger partial charge on any atom is -0.478 e. The van der Waals surface area contributed by atoms with Gasteiger partial charge in [-0.1, -0.05) is 102 Å². The summed E-state index contributed by atoms with van der Waals surface area (Å²) < 4.78 is 0. The lowest BCUT2D eigenvalue weighted by Crippen LogP contribution is -2.11. The second kappa shape index (κ2) is 12.6. The molecule has 1 N–H and O–H groups in total. The molecule has 5 aromatic rings. The van der Waals surface area contributed by atoms with Crippen LogP contribution < -0.4 is 4.90 Å². The van der Waals surface area contributed by atoms with Crippen LogP contribution in [-0.4, -0.2) is 11.1 Å². The van der Waals surface area contributed by atoms with Crippen LogP contribution in [0.15, 0.2) is 121 Å². The molecule has 0 saturated carbocycles. The number of aliphatic carboxylic acids is 1. The van der Waals surface area contributed by atoms with Crippen LogP contribution in [0, 0.1) is 27.7 Å². The van der Waals surface area contributed by atoms with Crippen LogP contribution in [-0.2, 0) is 4.79 Å².